The molecule has 2 aromatic carbocycles. The predicted molar refractivity (Wildman–Crippen MR) is 115 cm³/mol. The van der Waals surface area contributed by atoms with E-state index < -0.39 is 0 Å². The molecule has 2 N–H and O–H groups in total. The van der Waals surface area contributed by atoms with E-state index >= 15 is 0 Å². The zero-order chi connectivity index (χ0) is 21.2. The average molecular weight is 412 g/mol. The van der Waals surface area contributed by atoms with Crippen molar-refractivity contribution in [1.29, 1.82) is 0 Å². The minimum atomic E-state index is -0.294. The number of carbonyl (C=O) groups excluding carboxylic acids is 2. The van der Waals surface area contributed by atoms with Crippen LogP contribution < -0.4 is 15.4 Å². The number of hydrogen-bond acceptors (Lipinski definition) is 5. The van der Waals surface area contributed by atoms with E-state index in [4.69, 9.17) is 9.47 Å². The van der Waals surface area contributed by atoms with Crippen molar-refractivity contribution < 1.29 is 19.1 Å². The summed E-state index contributed by atoms with van der Waals surface area (Å²) in [6.07, 6.45) is 0. The third-order valence-corrected chi connectivity index (χ3v) is 4.92. The SMILES string of the molecule is CCOc1ccc(C(=O)NCC(=O)N[C@H](CN2CCOCC2)c2ccccc2)cc1. The van der Waals surface area contributed by atoms with Crippen LogP contribution in [0.2, 0.25) is 0 Å². The largest absolute Gasteiger partial charge is 0.494 e. The van der Waals surface area contributed by atoms with Gasteiger partial charge in [-0.1, -0.05) is 30.3 Å². The summed E-state index contributed by atoms with van der Waals surface area (Å²) in [6.45, 7) is 6.17. The maximum Gasteiger partial charge on any atom is 0.251 e. The smallest absolute Gasteiger partial charge is 0.251 e. The molecule has 1 aliphatic heterocycles. The molecule has 0 radical (unpaired) electrons. The Labute approximate surface area is 177 Å². The van der Waals surface area contributed by atoms with Crippen LogP contribution in [0.1, 0.15) is 28.9 Å². The molecule has 1 fully saturated rings. The maximum atomic E-state index is 12.6. The second-order valence-corrected chi connectivity index (χ2v) is 7.08. The second kappa shape index (κ2) is 11.3. The number of rotatable bonds is 9. The van der Waals surface area contributed by atoms with Crippen molar-refractivity contribution in [1.82, 2.24) is 15.5 Å². The van der Waals surface area contributed by atoms with E-state index in [2.05, 4.69) is 15.5 Å². The van der Waals surface area contributed by atoms with Gasteiger partial charge in [0.15, 0.2) is 0 Å². The molecular formula is C23H29N3O4. The summed E-state index contributed by atoms with van der Waals surface area (Å²) in [5.41, 5.74) is 1.52. The first-order chi connectivity index (χ1) is 14.7. The van der Waals surface area contributed by atoms with Gasteiger partial charge in [-0.25, -0.2) is 0 Å². The van der Waals surface area contributed by atoms with E-state index in [0.29, 0.717) is 37.7 Å². The van der Waals surface area contributed by atoms with Crippen LogP contribution in [0.5, 0.6) is 5.75 Å². The normalized spacial score (nSPS) is 15.2. The molecule has 1 heterocycles. The Morgan fingerprint density at radius 2 is 1.77 bits per heavy atom. The Morgan fingerprint density at radius 1 is 1.07 bits per heavy atom. The highest BCUT2D eigenvalue weighted by molar-refractivity contribution is 5.96. The lowest BCUT2D eigenvalue weighted by Crippen LogP contribution is -2.45. The first-order valence-electron chi connectivity index (χ1n) is 10.3. The van der Waals surface area contributed by atoms with Crippen LogP contribution >= 0.6 is 0 Å². The van der Waals surface area contributed by atoms with Crippen molar-refractivity contribution in [2.24, 2.45) is 0 Å². The summed E-state index contributed by atoms with van der Waals surface area (Å²) in [5.74, 6) is 0.189. The van der Waals surface area contributed by atoms with Crippen LogP contribution in [0.3, 0.4) is 0 Å². The fourth-order valence-electron chi connectivity index (χ4n) is 3.34. The zero-order valence-corrected chi connectivity index (χ0v) is 17.3. The highest BCUT2D eigenvalue weighted by Gasteiger charge is 2.20. The fraction of sp³-hybridized carbons (Fsp3) is 0.391. The van der Waals surface area contributed by atoms with Crippen LogP contribution in [0, 0.1) is 0 Å². The minimum Gasteiger partial charge on any atom is -0.494 e. The highest BCUT2D eigenvalue weighted by Crippen LogP contribution is 2.15. The Kier molecular flexibility index (Phi) is 8.23. The number of ether oxygens (including phenoxy) is 2. The molecule has 0 spiro atoms. The van der Waals surface area contributed by atoms with Crippen LogP contribution in [0.4, 0.5) is 0 Å². The Bertz CT molecular complexity index is 805. The Balaban J connectivity index is 1.55. The number of nitrogens with zero attached hydrogens (tertiary/aromatic N) is 1. The molecule has 0 bridgehead atoms. The van der Waals surface area contributed by atoms with Gasteiger partial charge in [0.25, 0.3) is 5.91 Å². The Hall–Kier alpha value is -2.90. The molecule has 30 heavy (non-hydrogen) atoms. The van der Waals surface area contributed by atoms with E-state index in [0.717, 1.165) is 18.7 Å². The standard InChI is InChI=1S/C23H29N3O4/c1-2-30-20-10-8-19(9-11-20)23(28)24-16-22(27)25-21(18-6-4-3-5-7-18)17-26-12-14-29-15-13-26/h3-11,21H,2,12-17H2,1H3,(H,24,28)(H,25,27)/t21-/m1/s1. The number of carbonyl (C=O) groups is 2. The van der Waals surface area contributed by atoms with Gasteiger partial charge in [-0.2, -0.15) is 0 Å². The highest BCUT2D eigenvalue weighted by atomic mass is 16.5. The van der Waals surface area contributed by atoms with Gasteiger partial charge in [0.1, 0.15) is 5.75 Å². The summed E-state index contributed by atoms with van der Waals surface area (Å²) in [4.78, 5) is 27.2. The summed E-state index contributed by atoms with van der Waals surface area (Å²) in [5, 5.41) is 5.74. The lowest BCUT2D eigenvalue weighted by Gasteiger charge is -2.31. The third-order valence-electron chi connectivity index (χ3n) is 4.92. The van der Waals surface area contributed by atoms with Crippen molar-refractivity contribution in [2.45, 2.75) is 13.0 Å². The molecule has 3 rings (SSSR count). The van der Waals surface area contributed by atoms with E-state index in [1.165, 1.54) is 0 Å². The van der Waals surface area contributed by atoms with Crippen molar-refractivity contribution in [2.75, 3.05) is 46.0 Å². The molecule has 1 atom stereocenters. The molecule has 0 aromatic heterocycles. The zero-order valence-electron chi connectivity index (χ0n) is 17.3. The van der Waals surface area contributed by atoms with Crippen molar-refractivity contribution >= 4 is 11.8 Å². The first kappa shape index (κ1) is 21.8. The molecule has 160 valence electrons. The summed E-state index contributed by atoms with van der Waals surface area (Å²) < 4.78 is 10.8. The number of nitrogens with one attached hydrogen (secondary N) is 2. The van der Waals surface area contributed by atoms with Gasteiger partial charge in [-0.05, 0) is 36.8 Å². The van der Waals surface area contributed by atoms with Gasteiger partial charge in [-0.3, -0.25) is 14.5 Å². The van der Waals surface area contributed by atoms with Gasteiger partial charge in [0.2, 0.25) is 5.91 Å². The first-order valence-corrected chi connectivity index (χ1v) is 10.3. The topological polar surface area (TPSA) is 79.9 Å². The number of benzene rings is 2. The molecular weight excluding hydrogens is 382 g/mol. The molecule has 0 unspecified atom stereocenters. The lowest BCUT2D eigenvalue weighted by molar-refractivity contribution is -0.121. The van der Waals surface area contributed by atoms with Crippen LogP contribution in [0.15, 0.2) is 54.6 Å². The third kappa shape index (κ3) is 6.57. The monoisotopic (exact) mass is 411 g/mol. The van der Waals surface area contributed by atoms with Gasteiger partial charge >= 0.3 is 0 Å². The van der Waals surface area contributed by atoms with E-state index in [9.17, 15) is 9.59 Å². The summed E-state index contributed by atoms with van der Waals surface area (Å²) in [6, 6.07) is 16.6. The average Bonchev–Trinajstić information content (AvgIpc) is 2.79. The van der Waals surface area contributed by atoms with Crippen molar-refractivity contribution in [3.63, 3.8) is 0 Å². The molecule has 7 nitrogen and oxygen atoms in total. The van der Waals surface area contributed by atoms with Gasteiger partial charge in [0.05, 0.1) is 32.4 Å². The van der Waals surface area contributed by atoms with E-state index in [-0.39, 0.29) is 24.4 Å². The molecule has 2 amide bonds. The fourth-order valence-corrected chi connectivity index (χ4v) is 3.34. The van der Waals surface area contributed by atoms with Gasteiger partial charge < -0.3 is 20.1 Å². The van der Waals surface area contributed by atoms with Crippen molar-refractivity contribution in [3.8, 4) is 5.75 Å². The van der Waals surface area contributed by atoms with Gasteiger partial charge in [0, 0.05) is 25.2 Å². The predicted octanol–water partition coefficient (Wildman–Crippen LogP) is 2.00. The maximum absolute atomic E-state index is 12.6. The molecule has 1 aliphatic rings. The minimum absolute atomic E-state index is 0.0848. The molecule has 0 saturated carbocycles. The van der Waals surface area contributed by atoms with E-state index in [1.54, 1.807) is 24.3 Å². The Morgan fingerprint density at radius 3 is 2.43 bits per heavy atom. The van der Waals surface area contributed by atoms with Crippen molar-refractivity contribution in [3.05, 3.63) is 65.7 Å². The van der Waals surface area contributed by atoms with E-state index in [1.807, 2.05) is 37.3 Å². The second-order valence-electron chi connectivity index (χ2n) is 7.08. The van der Waals surface area contributed by atoms with Crippen LogP contribution in [0.25, 0.3) is 0 Å². The summed E-state index contributed by atoms with van der Waals surface area (Å²) >= 11 is 0. The lowest BCUT2D eigenvalue weighted by atomic mass is 10.1. The summed E-state index contributed by atoms with van der Waals surface area (Å²) in [7, 11) is 0. The molecule has 2 aromatic rings. The van der Waals surface area contributed by atoms with Gasteiger partial charge in [-0.15, -0.1) is 0 Å². The molecule has 0 aliphatic carbocycles. The molecule has 7 heteroatoms. The van der Waals surface area contributed by atoms with Crippen LogP contribution in [-0.4, -0.2) is 62.7 Å². The number of hydrogen-bond donors (Lipinski definition) is 2. The van der Waals surface area contributed by atoms with Crippen LogP contribution in [-0.2, 0) is 9.53 Å². The number of amides is 2. The number of morpholine rings is 1. The molecule has 1 saturated heterocycles. The quantitative estimate of drug-likeness (QED) is 0.660.